The third-order valence-electron chi connectivity index (χ3n) is 4.45. The van der Waals surface area contributed by atoms with E-state index in [4.69, 9.17) is 4.74 Å². The highest BCUT2D eigenvalue weighted by molar-refractivity contribution is 5.20. The molecule has 1 atom stereocenters. The van der Waals surface area contributed by atoms with Crippen LogP contribution < -0.4 is 5.32 Å². The second kappa shape index (κ2) is 6.64. The molecule has 1 aromatic carbocycles. The van der Waals surface area contributed by atoms with Crippen LogP contribution in [-0.2, 0) is 11.2 Å². The van der Waals surface area contributed by atoms with E-state index < -0.39 is 11.6 Å². The van der Waals surface area contributed by atoms with Gasteiger partial charge in [-0.3, -0.25) is 0 Å². The molecule has 1 unspecified atom stereocenters. The Morgan fingerprint density at radius 1 is 1.15 bits per heavy atom. The Labute approximate surface area is 119 Å². The van der Waals surface area contributed by atoms with Crippen LogP contribution in [0.15, 0.2) is 18.2 Å². The summed E-state index contributed by atoms with van der Waals surface area (Å²) in [6, 6.07) is 3.78. The van der Waals surface area contributed by atoms with Crippen LogP contribution in [0.4, 0.5) is 8.78 Å². The molecule has 0 bridgehead atoms. The summed E-state index contributed by atoms with van der Waals surface area (Å²) in [4.78, 5) is 0. The maximum absolute atomic E-state index is 13.3. The van der Waals surface area contributed by atoms with Gasteiger partial charge in [0.05, 0.1) is 5.60 Å². The first-order valence-electron chi connectivity index (χ1n) is 7.27. The molecule has 1 fully saturated rings. The molecule has 1 aliphatic rings. The first-order chi connectivity index (χ1) is 9.59. The van der Waals surface area contributed by atoms with Crippen LogP contribution in [-0.4, -0.2) is 25.8 Å². The van der Waals surface area contributed by atoms with Crippen molar-refractivity contribution in [2.75, 3.05) is 14.2 Å². The van der Waals surface area contributed by atoms with Crippen molar-refractivity contribution < 1.29 is 13.5 Å². The van der Waals surface area contributed by atoms with Crippen molar-refractivity contribution in [3.8, 4) is 0 Å². The summed E-state index contributed by atoms with van der Waals surface area (Å²) in [5.74, 6) is -1.05. The maximum atomic E-state index is 13.3. The van der Waals surface area contributed by atoms with E-state index in [1.54, 1.807) is 7.11 Å². The van der Waals surface area contributed by atoms with Crippen molar-refractivity contribution in [2.24, 2.45) is 0 Å². The van der Waals surface area contributed by atoms with E-state index in [-0.39, 0.29) is 11.6 Å². The molecular weight excluding hydrogens is 260 g/mol. The number of rotatable bonds is 5. The Hall–Kier alpha value is -1.00. The molecule has 1 N–H and O–H groups in total. The van der Waals surface area contributed by atoms with Crippen molar-refractivity contribution >= 4 is 0 Å². The second-order valence-electron chi connectivity index (χ2n) is 5.65. The minimum Gasteiger partial charge on any atom is -0.377 e. The molecule has 0 aliphatic heterocycles. The van der Waals surface area contributed by atoms with Crippen LogP contribution in [0.3, 0.4) is 0 Å². The summed E-state index contributed by atoms with van der Waals surface area (Å²) in [7, 11) is 3.62. The molecule has 2 rings (SSSR count). The number of ether oxygens (including phenoxy) is 1. The Morgan fingerprint density at radius 2 is 1.75 bits per heavy atom. The van der Waals surface area contributed by atoms with Gasteiger partial charge in [-0.15, -0.1) is 0 Å². The minimum atomic E-state index is -0.523. The molecule has 4 heteroatoms. The molecule has 1 aliphatic carbocycles. The van der Waals surface area contributed by atoms with Gasteiger partial charge in [0.1, 0.15) is 11.6 Å². The number of methoxy groups -OCH3 is 1. The number of likely N-dealkylation sites (N-methyl/N-ethyl adjacent to an activating group) is 1. The standard InChI is InChI=1S/C16H23F2NO/c1-19-15(16(20-2)6-4-3-5-7-16)10-12-8-13(17)11-14(18)9-12/h8-9,11,15,19H,3-7,10H2,1-2H3. The zero-order valence-electron chi connectivity index (χ0n) is 12.2. The zero-order chi connectivity index (χ0) is 14.6. The lowest BCUT2D eigenvalue weighted by Gasteiger charge is -2.42. The fraction of sp³-hybridized carbons (Fsp3) is 0.625. The Balaban J connectivity index is 2.18. The average molecular weight is 283 g/mol. The molecule has 0 amide bonds. The van der Waals surface area contributed by atoms with E-state index in [1.165, 1.54) is 18.6 Å². The third-order valence-corrected chi connectivity index (χ3v) is 4.45. The van der Waals surface area contributed by atoms with Gasteiger partial charge in [-0.25, -0.2) is 8.78 Å². The summed E-state index contributed by atoms with van der Waals surface area (Å²) < 4.78 is 32.4. The van der Waals surface area contributed by atoms with Crippen molar-refractivity contribution in [3.63, 3.8) is 0 Å². The number of halogens is 2. The van der Waals surface area contributed by atoms with Gasteiger partial charge in [0.2, 0.25) is 0 Å². The quantitative estimate of drug-likeness (QED) is 0.893. The van der Waals surface area contributed by atoms with Gasteiger partial charge in [0, 0.05) is 19.2 Å². The lowest BCUT2D eigenvalue weighted by Crippen LogP contribution is -2.53. The Morgan fingerprint density at radius 3 is 2.25 bits per heavy atom. The highest BCUT2D eigenvalue weighted by Crippen LogP contribution is 2.35. The van der Waals surface area contributed by atoms with Gasteiger partial charge in [-0.05, 0) is 44.0 Å². The first kappa shape index (κ1) is 15.4. The molecule has 0 aromatic heterocycles. The first-order valence-corrected chi connectivity index (χ1v) is 7.27. The highest BCUT2D eigenvalue weighted by atomic mass is 19.1. The topological polar surface area (TPSA) is 21.3 Å². The van der Waals surface area contributed by atoms with E-state index in [9.17, 15) is 8.78 Å². The molecule has 1 saturated carbocycles. The highest BCUT2D eigenvalue weighted by Gasteiger charge is 2.39. The molecule has 0 saturated heterocycles. The molecule has 1 aromatic rings. The van der Waals surface area contributed by atoms with Crippen molar-refractivity contribution in [3.05, 3.63) is 35.4 Å². The summed E-state index contributed by atoms with van der Waals surface area (Å²) >= 11 is 0. The molecule has 112 valence electrons. The van der Waals surface area contributed by atoms with Crippen molar-refractivity contribution in [1.29, 1.82) is 0 Å². The van der Waals surface area contributed by atoms with Crippen LogP contribution in [0.1, 0.15) is 37.7 Å². The lowest BCUT2D eigenvalue weighted by molar-refractivity contribution is -0.0657. The molecule has 0 radical (unpaired) electrons. The third kappa shape index (κ3) is 3.36. The second-order valence-corrected chi connectivity index (χ2v) is 5.65. The van der Waals surface area contributed by atoms with Gasteiger partial charge in [0.15, 0.2) is 0 Å². The normalized spacial score (nSPS) is 19.8. The van der Waals surface area contributed by atoms with E-state index in [0.29, 0.717) is 12.0 Å². The smallest absolute Gasteiger partial charge is 0.126 e. The van der Waals surface area contributed by atoms with Gasteiger partial charge < -0.3 is 10.1 Å². The van der Waals surface area contributed by atoms with Crippen molar-refractivity contribution in [1.82, 2.24) is 5.32 Å². The van der Waals surface area contributed by atoms with Crippen LogP contribution in [0, 0.1) is 11.6 Å². The van der Waals surface area contributed by atoms with E-state index >= 15 is 0 Å². The molecule has 0 spiro atoms. The fourth-order valence-electron chi connectivity index (χ4n) is 3.36. The Bertz CT molecular complexity index is 424. The van der Waals surface area contributed by atoms with Gasteiger partial charge in [-0.2, -0.15) is 0 Å². The predicted octanol–water partition coefficient (Wildman–Crippen LogP) is 3.44. The molecule has 2 nitrogen and oxygen atoms in total. The SMILES string of the molecule is CNC(Cc1cc(F)cc(F)c1)C1(OC)CCCCC1. The zero-order valence-corrected chi connectivity index (χ0v) is 12.2. The number of benzene rings is 1. The summed E-state index contributed by atoms with van der Waals surface area (Å²) in [5.41, 5.74) is 0.444. The average Bonchev–Trinajstić information content (AvgIpc) is 2.44. The maximum Gasteiger partial charge on any atom is 0.126 e. The number of nitrogens with one attached hydrogen (secondary N) is 1. The lowest BCUT2D eigenvalue weighted by atomic mass is 9.77. The van der Waals surface area contributed by atoms with E-state index in [0.717, 1.165) is 31.7 Å². The summed E-state index contributed by atoms with van der Waals surface area (Å²) in [6.45, 7) is 0. The van der Waals surface area contributed by atoms with Crippen LogP contribution in [0.2, 0.25) is 0 Å². The molecule has 0 heterocycles. The van der Waals surface area contributed by atoms with Gasteiger partial charge in [-0.1, -0.05) is 19.3 Å². The van der Waals surface area contributed by atoms with Crippen LogP contribution in [0.25, 0.3) is 0 Å². The predicted molar refractivity (Wildman–Crippen MR) is 75.7 cm³/mol. The van der Waals surface area contributed by atoms with E-state index in [1.807, 2.05) is 7.05 Å². The summed E-state index contributed by atoms with van der Waals surface area (Å²) in [5, 5.41) is 3.28. The fourth-order valence-corrected chi connectivity index (χ4v) is 3.36. The van der Waals surface area contributed by atoms with Gasteiger partial charge in [0.25, 0.3) is 0 Å². The van der Waals surface area contributed by atoms with Gasteiger partial charge >= 0.3 is 0 Å². The molecular formula is C16H23F2NO. The van der Waals surface area contributed by atoms with Crippen LogP contribution >= 0.6 is 0 Å². The monoisotopic (exact) mass is 283 g/mol. The van der Waals surface area contributed by atoms with E-state index in [2.05, 4.69) is 5.32 Å². The minimum absolute atomic E-state index is 0.0639. The largest absolute Gasteiger partial charge is 0.377 e. The number of hydrogen-bond acceptors (Lipinski definition) is 2. The molecule has 20 heavy (non-hydrogen) atoms. The Kier molecular flexibility index (Phi) is 5.11. The number of hydrogen-bond donors (Lipinski definition) is 1. The summed E-state index contributed by atoms with van der Waals surface area (Å²) in [6.07, 6.45) is 6.07. The van der Waals surface area contributed by atoms with Crippen molar-refractivity contribution in [2.45, 2.75) is 50.2 Å². The van der Waals surface area contributed by atoms with Crippen LogP contribution in [0.5, 0.6) is 0 Å².